The van der Waals surface area contributed by atoms with Gasteiger partial charge >= 0.3 is 0 Å². The summed E-state index contributed by atoms with van der Waals surface area (Å²) in [6.07, 6.45) is -0.0741. The van der Waals surface area contributed by atoms with Crippen molar-refractivity contribution < 1.29 is 0 Å². The van der Waals surface area contributed by atoms with Gasteiger partial charge in [0.25, 0.3) is 0 Å². The Bertz CT molecular complexity index is 114. The minimum Gasteiger partial charge on any atom is -0.355 e. The van der Waals surface area contributed by atoms with Crippen molar-refractivity contribution in [3.8, 4) is 0 Å². The quantitative estimate of drug-likeness (QED) is 0.403. The number of allylic oxidation sites excluding steroid dienone is 2. The molecule has 0 aromatic carbocycles. The molecule has 0 bridgehead atoms. The maximum atomic E-state index is 5.45. The fraction of sp³-hybridized carbons (Fsp3) is 0.600. The molecular weight excluding hydrogens is 102 g/mol. The molecule has 0 amide bonds. The molecule has 8 heavy (non-hydrogen) atoms. The molecule has 1 rings (SSSR count). The Hall–Kier alpha value is -0.700. The average molecular weight is 113 g/mol. The van der Waals surface area contributed by atoms with Crippen molar-refractivity contribution in [1.82, 2.24) is 10.6 Å². The fourth-order valence-electron chi connectivity index (χ4n) is 0.719. The van der Waals surface area contributed by atoms with Crippen LogP contribution in [0, 0.1) is 0 Å². The Kier molecular flexibility index (Phi) is 1.13. The first kappa shape index (κ1) is 5.44. The molecule has 1 aliphatic heterocycles. The predicted octanol–water partition coefficient (Wildman–Crippen LogP) is -0.327. The van der Waals surface area contributed by atoms with E-state index in [4.69, 9.17) is 5.73 Å². The van der Waals surface area contributed by atoms with Crippen LogP contribution in [0.15, 0.2) is 11.4 Å². The van der Waals surface area contributed by atoms with E-state index in [0.717, 1.165) is 11.4 Å². The predicted molar refractivity (Wildman–Crippen MR) is 32.6 cm³/mol. The van der Waals surface area contributed by atoms with Crippen molar-refractivity contribution in [2.75, 3.05) is 0 Å². The lowest BCUT2D eigenvalue weighted by atomic mass is 10.4. The molecule has 4 N–H and O–H groups in total. The third-order valence-electron chi connectivity index (χ3n) is 1.31. The van der Waals surface area contributed by atoms with Crippen LogP contribution in [0.4, 0.5) is 0 Å². The molecular formula is C5H11N3. The van der Waals surface area contributed by atoms with Crippen LogP contribution in [-0.2, 0) is 0 Å². The Labute approximate surface area is 48.9 Å². The van der Waals surface area contributed by atoms with Crippen molar-refractivity contribution in [3.05, 3.63) is 11.4 Å². The maximum Gasteiger partial charge on any atom is 0.150 e. The van der Waals surface area contributed by atoms with Crippen LogP contribution in [0.2, 0.25) is 0 Å². The molecule has 0 aromatic rings. The second-order valence-corrected chi connectivity index (χ2v) is 2.02. The standard InChI is InChI=1S/C5H11N3/c1-3-4(2)8-5(6)7-3/h5,7-8H,6H2,1-2H3. The zero-order valence-corrected chi connectivity index (χ0v) is 5.15. The number of hydrogen-bond acceptors (Lipinski definition) is 3. The van der Waals surface area contributed by atoms with Crippen LogP contribution >= 0.6 is 0 Å². The summed E-state index contributed by atoms with van der Waals surface area (Å²) in [5.74, 6) is 0. The average Bonchev–Trinajstić information content (AvgIpc) is 1.85. The van der Waals surface area contributed by atoms with E-state index in [1.807, 2.05) is 13.8 Å². The SMILES string of the molecule is CC1=C(C)NC(N)N1. The van der Waals surface area contributed by atoms with E-state index in [1.165, 1.54) is 0 Å². The van der Waals surface area contributed by atoms with Crippen LogP contribution in [0.25, 0.3) is 0 Å². The van der Waals surface area contributed by atoms with E-state index in [0.29, 0.717) is 0 Å². The Morgan fingerprint density at radius 1 is 1.25 bits per heavy atom. The van der Waals surface area contributed by atoms with Crippen LogP contribution in [0.5, 0.6) is 0 Å². The number of hydrogen-bond donors (Lipinski definition) is 3. The van der Waals surface area contributed by atoms with Gasteiger partial charge in [-0.15, -0.1) is 0 Å². The summed E-state index contributed by atoms with van der Waals surface area (Å²) in [6, 6.07) is 0. The topological polar surface area (TPSA) is 50.1 Å². The second-order valence-electron chi connectivity index (χ2n) is 2.02. The van der Waals surface area contributed by atoms with Gasteiger partial charge in [-0.1, -0.05) is 0 Å². The van der Waals surface area contributed by atoms with Crippen molar-refractivity contribution >= 4 is 0 Å². The third-order valence-corrected chi connectivity index (χ3v) is 1.31. The van der Waals surface area contributed by atoms with Crippen molar-refractivity contribution in [2.45, 2.75) is 20.1 Å². The van der Waals surface area contributed by atoms with Gasteiger partial charge in [0.1, 0.15) is 6.29 Å². The summed E-state index contributed by atoms with van der Waals surface area (Å²) in [5.41, 5.74) is 7.72. The number of nitrogens with one attached hydrogen (secondary N) is 2. The molecule has 0 unspecified atom stereocenters. The molecule has 0 aliphatic carbocycles. The summed E-state index contributed by atoms with van der Waals surface area (Å²) in [5, 5.41) is 6.03. The van der Waals surface area contributed by atoms with E-state index >= 15 is 0 Å². The lowest BCUT2D eigenvalue weighted by Gasteiger charge is -2.03. The number of nitrogens with two attached hydrogens (primary N) is 1. The summed E-state index contributed by atoms with van der Waals surface area (Å²) < 4.78 is 0. The largest absolute Gasteiger partial charge is 0.355 e. The van der Waals surface area contributed by atoms with E-state index < -0.39 is 0 Å². The molecule has 0 atom stereocenters. The van der Waals surface area contributed by atoms with Crippen molar-refractivity contribution in [2.24, 2.45) is 5.73 Å². The zero-order chi connectivity index (χ0) is 6.15. The first-order chi connectivity index (χ1) is 3.70. The van der Waals surface area contributed by atoms with Gasteiger partial charge in [0.15, 0.2) is 0 Å². The van der Waals surface area contributed by atoms with Gasteiger partial charge in [-0.25, -0.2) is 0 Å². The second kappa shape index (κ2) is 1.67. The maximum absolute atomic E-state index is 5.45. The highest BCUT2D eigenvalue weighted by atomic mass is 15.3. The summed E-state index contributed by atoms with van der Waals surface area (Å²) in [4.78, 5) is 0. The molecule has 0 saturated carbocycles. The molecule has 46 valence electrons. The van der Waals surface area contributed by atoms with E-state index in [9.17, 15) is 0 Å². The Morgan fingerprint density at radius 3 is 1.75 bits per heavy atom. The molecule has 0 fully saturated rings. The minimum atomic E-state index is -0.0741. The molecule has 3 nitrogen and oxygen atoms in total. The highest BCUT2D eigenvalue weighted by Crippen LogP contribution is 2.01. The Morgan fingerprint density at radius 2 is 1.62 bits per heavy atom. The fourth-order valence-corrected chi connectivity index (χ4v) is 0.719. The Balaban J connectivity index is 2.60. The molecule has 3 heteroatoms. The van der Waals surface area contributed by atoms with E-state index in [-0.39, 0.29) is 6.29 Å². The van der Waals surface area contributed by atoms with Gasteiger partial charge in [0, 0.05) is 11.4 Å². The van der Waals surface area contributed by atoms with Crippen LogP contribution in [0.3, 0.4) is 0 Å². The molecule has 0 radical (unpaired) electrons. The molecule has 0 saturated heterocycles. The van der Waals surface area contributed by atoms with Crippen molar-refractivity contribution in [1.29, 1.82) is 0 Å². The molecule has 1 aliphatic rings. The van der Waals surface area contributed by atoms with Crippen LogP contribution in [-0.4, -0.2) is 6.29 Å². The van der Waals surface area contributed by atoms with Gasteiger partial charge in [-0.05, 0) is 13.8 Å². The monoisotopic (exact) mass is 113 g/mol. The first-order valence-electron chi connectivity index (χ1n) is 2.66. The number of rotatable bonds is 0. The van der Waals surface area contributed by atoms with Crippen molar-refractivity contribution in [3.63, 3.8) is 0 Å². The molecule has 0 spiro atoms. The minimum absolute atomic E-state index is 0.0741. The van der Waals surface area contributed by atoms with E-state index in [1.54, 1.807) is 0 Å². The molecule has 1 heterocycles. The molecule has 0 aromatic heterocycles. The van der Waals surface area contributed by atoms with Gasteiger partial charge in [0.2, 0.25) is 0 Å². The van der Waals surface area contributed by atoms with Gasteiger partial charge < -0.3 is 10.6 Å². The highest BCUT2D eigenvalue weighted by molar-refractivity contribution is 5.12. The van der Waals surface area contributed by atoms with Crippen LogP contribution < -0.4 is 16.4 Å². The third kappa shape index (κ3) is 0.767. The van der Waals surface area contributed by atoms with Crippen LogP contribution in [0.1, 0.15) is 13.8 Å². The normalized spacial score (nSPS) is 20.9. The van der Waals surface area contributed by atoms with Gasteiger partial charge in [0.05, 0.1) is 0 Å². The summed E-state index contributed by atoms with van der Waals surface area (Å²) in [6.45, 7) is 3.99. The van der Waals surface area contributed by atoms with Gasteiger partial charge in [-0.3, -0.25) is 5.73 Å². The first-order valence-corrected chi connectivity index (χ1v) is 2.66. The lowest BCUT2D eigenvalue weighted by molar-refractivity contribution is 0.576. The smallest absolute Gasteiger partial charge is 0.150 e. The van der Waals surface area contributed by atoms with E-state index in [2.05, 4.69) is 10.6 Å². The summed E-state index contributed by atoms with van der Waals surface area (Å²) >= 11 is 0. The summed E-state index contributed by atoms with van der Waals surface area (Å²) in [7, 11) is 0. The zero-order valence-electron chi connectivity index (χ0n) is 5.15. The highest BCUT2D eigenvalue weighted by Gasteiger charge is 2.10. The lowest BCUT2D eigenvalue weighted by Crippen LogP contribution is -2.41. The van der Waals surface area contributed by atoms with Gasteiger partial charge in [-0.2, -0.15) is 0 Å².